The molecule has 1 N–H and O–H groups in total. The maximum absolute atomic E-state index is 12.6. The highest BCUT2D eigenvalue weighted by Crippen LogP contribution is 2.24. The van der Waals surface area contributed by atoms with Gasteiger partial charge in [-0.05, 0) is 18.6 Å². The fourth-order valence-corrected chi connectivity index (χ4v) is 2.46. The molecular formula is C14H18Cl2N4O2. The third kappa shape index (κ3) is 3.58. The minimum Gasteiger partial charge on any atom is -0.438 e. The number of nitrogens with zero attached hydrogens (tertiary/aromatic N) is 3. The third-order valence-corrected chi connectivity index (χ3v) is 3.51. The average molecular weight is 345 g/mol. The molecule has 0 saturated carbocycles. The van der Waals surface area contributed by atoms with E-state index in [1.54, 1.807) is 19.3 Å². The lowest BCUT2D eigenvalue weighted by Gasteiger charge is -2.35. The smallest absolute Gasteiger partial charge is 0.292 e. The lowest BCUT2D eigenvalue weighted by Crippen LogP contribution is -2.48. The Morgan fingerprint density at radius 2 is 2.27 bits per heavy atom. The predicted octanol–water partition coefficient (Wildman–Crippen LogP) is 2.01. The molecule has 0 aromatic carbocycles. The first-order chi connectivity index (χ1) is 9.77. The molecule has 1 fully saturated rings. The second kappa shape index (κ2) is 8.12. The van der Waals surface area contributed by atoms with E-state index >= 15 is 0 Å². The number of hydrogen-bond donors (Lipinski definition) is 1. The van der Waals surface area contributed by atoms with E-state index in [1.165, 1.54) is 6.39 Å². The van der Waals surface area contributed by atoms with Gasteiger partial charge in [-0.25, -0.2) is 4.98 Å². The van der Waals surface area contributed by atoms with Gasteiger partial charge >= 0.3 is 0 Å². The number of nitrogens with one attached hydrogen (secondary N) is 1. The molecule has 120 valence electrons. The van der Waals surface area contributed by atoms with Gasteiger partial charge in [-0.15, -0.1) is 24.8 Å². The van der Waals surface area contributed by atoms with Gasteiger partial charge in [-0.2, -0.15) is 0 Å². The van der Waals surface area contributed by atoms with Gasteiger partial charge in [-0.1, -0.05) is 6.07 Å². The first kappa shape index (κ1) is 18.4. The van der Waals surface area contributed by atoms with Crippen LogP contribution in [0, 0.1) is 6.92 Å². The fraction of sp³-hybridized carbons (Fsp3) is 0.357. The topological polar surface area (TPSA) is 71.3 Å². The highest BCUT2D eigenvalue weighted by atomic mass is 35.5. The highest BCUT2D eigenvalue weighted by molar-refractivity contribution is 5.92. The zero-order chi connectivity index (χ0) is 13.9. The molecule has 3 rings (SSSR count). The Hall–Kier alpha value is -1.63. The predicted molar refractivity (Wildman–Crippen MR) is 86.6 cm³/mol. The van der Waals surface area contributed by atoms with Crippen LogP contribution in [0.4, 0.5) is 0 Å². The Labute approximate surface area is 141 Å². The number of aromatic nitrogens is 2. The second-order valence-electron chi connectivity index (χ2n) is 4.77. The van der Waals surface area contributed by atoms with Crippen LogP contribution in [-0.2, 0) is 0 Å². The molecule has 0 spiro atoms. The molecule has 1 unspecified atom stereocenters. The van der Waals surface area contributed by atoms with Crippen LogP contribution in [0.3, 0.4) is 0 Å². The van der Waals surface area contributed by atoms with Crippen LogP contribution in [-0.4, -0.2) is 40.4 Å². The highest BCUT2D eigenvalue weighted by Gasteiger charge is 2.31. The van der Waals surface area contributed by atoms with Crippen molar-refractivity contribution in [2.45, 2.75) is 13.0 Å². The van der Waals surface area contributed by atoms with Gasteiger partial charge in [0.05, 0.1) is 11.7 Å². The van der Waals surface area contributed by atoms with Crippen molar-refractivity contribution in [1.82, 2.24) is 20.2 Å². The molecule has 0 radical (unpaired) electrons. The lowest BCUT2D eigenvalue weighted by molar-refractivity contribution is 0.0600. The number of halogens is 2. The van der Waals surface area contributed by atoms with Crippen molar-refractivity contribution in [1.29, 1.82) is 0 Å². The number of piperazine rings is 1. The molecule has 1 aliphatic heterocycles. The summed E-state index contributed by atoms with van der Waals surface area (Å²) in [6, 6.07) is 3.83. The number of hydrogen-bond acceptors (Lipinski definition) is 5. The molecule has 6 nitrogen and oxygen atoms in total. The summed E-state index contributed by atoms with van der Waals surface area (Å²) < 4.78 is 5.23. The first-order valence-corrected chi connectivity index (χ1v) is 6.59. The van der Waals surface area contributed by atoms with Crippen LogP contribution < -0.4 is 5.32 Å². The molecule has 1 amide bonds. The fourth-order valence-electron chi connectivity index (χ4n) is 2.46. The number of rotatable bonds is 2. The Morgan fingerprint density at radius 3 is 2.91 bits per heavy atom. The molecular weight excluding hydrogens is 327 g/mol. The molecule has 1 atom stereocenters. The van der Waals surface area contributed by atoms with E-state index in [2.05, 4.69) is 15.3 Å². The van der Waals surface area contributed by atoms with Crippen molar-refractivity contribution in [2.75, 3.05) is 19.6 Å². The van der Waals surface area contributed by atoms with Gasteiger partial charge in [0.1, 0.15) is 0 Å². The van der Waals surface area contributed by atoms with Crippen molar-refractivity contribution in [3.63, 3.8) is 0 Å². The Morgan fingerprint density at radius 1 is 1.45 bits per heavy atom. The van der Waals surface area contributed by atoms with Gasteiger partial charge in [0.15, 0.2) is 6.39 Å². The molecule has 2 aromatic rings. The summed E-state index contributed by atoms with van der Waals surface area (Å²) in [7, 11) is 0. The van der Waals surface area contributed by atoms with E-state index in [1.807, 2.05) is 17.0 Å². The van der Waals surface area contributed by atoms with Gasteiger partial charge in [0.25, 0.3) is 5.91 Å². The van der Waals surface area contributed by atoms with Crippen LogP contribution in [0.1, 0.15) is 27.9 Å². The minimum atomic E-state index is -0.115. The lowest BCUT2D eigenvalue weighted by atomic mass is 10.0. The minimum absolute atomic E-state index is 0. The molecule has 22 heavy (non-hydrogen) atoms. The average Bonchev–Trinajstić information content (AvgIpc) is 2.93. The largest absolute Gasteiger partial charge is 0.438 e. The standard InChI is InChI=1S/C14H16N4O2.2ClH/c1-10-13(20-9-17-10)14(19)18-6-5-16-8-12(18)11-3-2-4-15-7-11;;/h2-4,7,9,12,16H,5-6,8H2,1H3;2*1H. The molecule has 3 heterocycles. The number of carbonyl (C=O) groups excluding carboxylic acids is 1. The molecule has 8 heteroatoms. The maximum Gasteiger partial charge on any atom is 0.292 e. The van der Waals surface area contributed by atoms with Crippen LogP contribution in [0.2, 0.25) is 0 Å². The van der Waals surface area contributed by atoms with Crippen molar-refractivity contribution in [3.05, 3.63) is 47.9 Å². The van der Waals surface area contributed by atoms with Crippen molar-refractivity contribution < 1.29 is 9.21 Å². The molecule has 0 bridgehead atoms. The Kier molecular flexibility index (Phi) is 6.80. The van der Waals surface area contributed by atoms with Crippen LogP contribution >= 0.6 is 24.8 Å². The Balaban J connectivity index is 0.00000121. The number of pyridine rings is 1. The molecule has 0 aliphatic carbocycles. The van der Waals surface area contributed by atoms with Crippen molar-refractivity contribution in [2.24, 2.45) is 0 Å². The summed E-state index contributed by atoms with van der Waals surface area (Å²) in [4.78, 5) is 22.6. The van der Waals surface area contributed by atoms with Crippen molar-refractivity contribution >= 4 is 30.7 Å². The van der Waals surface area contributed by atoms with Crippen molar-refractivity contribution in [3.8, 4) is 0 Å². The number of carbonyl (C=O) groups is 1. The van der Waals surface area contributed by atoms with Crippen LogP contribution in [0.5, 0.6) is 0 Å². The summed E-state index contributed by atoms with van der Waals surface area (Å²) >= 11 is 0. The molecule has 2 aromatic heterocycles. The normalized spacial score (nSPS) is 17.3. The van der Waals surface area contributed by atoms with Gasteiger partial charge < -0.3 is 14.6 Å². The van der Waals surface area contributed by atoms with E-state index in [0.29, 0.717) is 24.5 Å². The summed E-state index contributed by atoms with van der Waals surface area (Å²) in [5, 5.41) is 3.31. The van der Waals surface area contributed by atoms with E-state index in [4.69, 9.17) is 4.42 Å². The molecule has 1 saturated heterocycles. The molecule has 1 aliphatic rings. The number of aryl methyl sites for hydroxylation is 1. The van der Waals surface area contributed by atoms with E-state index in [0.717, 1.165) is 12.1 Å². The Bertz CT molecular complexity index is 606. The number of amides is 1. The first-order valence-electron chi connectivity index (χ1n) is 6.59. The quantitative estimate of drug-likeness (QED) is 0.902. The maximum atomic E-state index is 12.6. The van der Waals surface area contributed by atoms with Crippen LogP contribution in [0.25, 0.3) is 0 Å². The second-order valence-corrected chi connectivity index (χ2v) is 4.77. The zero-order valence-corrected chi connectivity index (χ0v) is 13.7. The SMILES string of the molecule is Cc1ncoc1C(=O)N1CCNCC1c1cccnc1.Cl.Cl. The van der Waals surface area contributed by atoms with E-state index in [-0.39, 0.29) is 36.8 Å². The van der Waals surface area contributed by atoms with Gasteiger partial charge in [0.2, 0.25) is 5.76 Å². The third-order valence-electron chi connectivity index (χ3n) is 3.51. The van der Waals surface area contributed by atoms with Gasteiger partial charge in [0, 0.05) is 32.0 Å². The van der Waals surface area contributed by atoms with E-state index < -0.39 is 0 Å². The summed E-state index contributed by atoms with van der Waals surface area (Å²) in [6.07, 6.45) is 4.83. The zero-order valence-electron chi connectivity index (χ0n) is 12.1. The van der Waals surface area contributed by atoms with E-state index in [9.17, 15) is 4.79 Å². The van der Waals surface area contributed by atoms with Gasteiger partial charge in [-0.3, -0.25) is 9.78 Å². The van der Waals surface area contributed by atoms with Crippen LogP contribution in [0.15, 0.2) is 35.3 Å². The summed E-state index contributed by atoms with van der Waals surface area (Å²) in [5.74, 6) is 0.205. The summed E-state index contributed by atoms with van der Waals surface area (Å²) in [5.41, 5.74) is 1.64. The summed E-state index contributed by atoms with van der Waals surface area (Å²) in [6.45, 7) is 3.90. The number of oxazole rings is 1. The monoisotopic (exact) mass is 344 g/mol.